The largest absolute Gasteiger partial charge is 0.410 e. The molecule has 0 aromatic carbocycles. The van der Waals surface area contributed by atoms with Crippen LogP contribution in [0.25, 0.3) is 0 Å². The van der Waals surface area contributed by atoms with E-state index in [1.807, 2.05) is 6.92 Å². The number of carbonyl (C=O) groups is 1. The molecule has 0 aliphatic carbocycles. The summed E-state index contributed by atoms with van der Waals surface area (Å²) in [7, 11) is 0. The topological polar surface area (TPSA) is 108 Å². The minimum Gasteiger partial charge on any atom is -0.410 e. The van der Waals surface area contributed by atoms with Gasteiger partial charge >= 0.3 is 0 Å². The zero-order valence-corrected chi connectivity index (χ0v) is 9.03. The van der Waals surface area contributed by atoms with Crippen molar-refractivity contribution >= 4 is 28.6 Å². The highest BCUT2D eigenvalue weighted by molar-refractivity contribution is 7.82. The fourth-order valence-electron chi connectivity index (χ4n) is 1.05. The van der Waals surface area contributed by atoms with Crippen molar-refractivity contribution in [3.63, 3.8) is 0 Å². The molecule has 0 bridgehead atoms. The Bertz CT molecular complexity index is 352. The van der Waals surface area contributed by atoms with Crippen molar-refractivity contribution in [2.24, 2.45) is 15.3 Å². The molecule has 3 N–H and O–H groups in total. The van der Waals surface area contributed by atoms with Gasteiger partial charge in [0.1, 0.15) is 0 Å². The highest BCUT2D eigenvalue weighted by atomic mass is 32.2. The van der Waals surface area contributed by atoms with E-state index in [-0.39, 0.29) is 11.5 Å². The van der Waals surface area contributed by atoms with Gasteiger partial charge in [-0.3, -0.25) is 4.79 Å². The Labute approximate surface area is 89.4 Å². The highest BCUT2D eigenvalue weighted by Gasteiger charge is 2.32. The molecule has 0 fully saturated rings. The summed E-state index contributed by atoms with van der Waals surface area (Å²) in [5.74, 6) is -0.953. The second kappa shape index (κ2) is 4.87. The number of rotatable bonds is 3. The smallest absolute Gasteiger partial charge is 0.292 e. The first-order valence-corrected chi connectivity index (χ1v) is 5.48. The van der Waals surface area contributed by atoms with Gasteiger partial charge < -0.3 is 10.9 Å². The fourth-order valence-corrected chi connectivity index (χ4v) is 1.92. The molecule has 8 heteroatoms. The van der Waals surface area contributed by atoms with E-state index in [0.717, 1.165) is 10.7 Å². The summed E-state index contributed by atoms with van der Waals surface area (Å²) < 4.78 is 15.9. The van der Waals surface area contributed by atoms with Crippen molar-refractivity contribution in [1.29, 1.82) is 0 Å². The van der Waals surface area contributed by atoms with E-state index in [1.54, 1.807) is 0 Å². The predicted octanol–water partition coefficient (Wildman–Crippen LogP) is -0.605. The van der Waals surface area contributed by atoms with Gasteiger partial charge in [0.05, 0.1) is 0 Å². The lowest BCUT2D eigenvalue weighted by atomic mass is 10.3. The Morgan fingerprint density at radius 3 is 2.87 bits per heavy atom. The molecule has 1 rings (SSSR count). The summed E-state index contributed by atoms with van der Waals surface area (Å²) in [5.41, 5.74) is 4.92. The van der Waals surface area contributed by atoms with Crippen LogP contribution in [0.3, 0.4) is 0 Å². The Hall–Kier alpha value is -1.44. The Morgan fingerprint density at radius 2 is 2.33 bits per heavy atom. The molecule has 1 heterocycles. The van der Waals surface area contributed by atoms with Crippen molar-refractivity contribution in [2.45, 2.75) is 19.8 Å². The second-order valence-electron chi connectivity index (χ2n) is 2.92. The van der Waals surface area contributed by atoms with Crippen molar-refractivity contribution in [2.75, 3.05) is 6.54 Å². The molecule has 1 aliphatic heterocycles. The maximum Gasteiger partial charge on any atom is 0.292 e. The summed E-state index contributed by atoms with van der Waals surface area (Å²) in [6.07, 6.45) is 1.55. The number of unbranched alkanes of at least 4 members (excludes halogenated alkanes) is 1. The summed E-state index contributed by atoms with van der Waals surface area (Å²) in [6, 6.07) is 0. The van der Waals surface area contributed by atoms with Crippen molar-refractivity contribution < 1.29 is 14.2 Å². The lowest BCUT2D eigenvalue weighted by molar-refractivity contribution is -0.119. The van der Waals surface area contributed by atoms with Crippen LogP contribution in [0.15, 0.2) is 9.55 Å². The van der Waals surface area contributed by atoms with Crippen LogP contribution in [0.4, 0.5) is 0 Å². The molecule has 1 unspecified atom stereocenters. The maximum absolute atomic E-state index is 11.6. The molecular weight excluding hydrogens is 220 g/mol. The van der Waals surface area contributed by atoms with Crippen LogP contribution in [0, 0.1) is 0 Å². The van der Waals surface area contributed by atoms with Crippen LogP contribution in [0.2, 0.25) is 0 Å². The Balaban J connectivity index is 2.92. The number of amides is 1. The number of hydrogen-bond acceptors (Lipinski definition) is 5. The van der Waals surface area contributed by atoms with Crippen molar-refractivity contribution in [3.8, 4) is 0 Å². The first-order chi connectivity index (χ1) is 7.11. The number of nitrogens with zero attached hydrogens (tertiary/aromatic N) is 3. The zero-order chi connectivity index (χ0) is 11.4. The minimum absolute atomic E-state index is 0.298. The van der Waals surface area contributed by atoms with E-state index in [0.29, 0.717) is 13.0 Å². The van der Waals surface area contributed by atoms with Gasteiger partial charge in [-0.25, -0.2) is 8.51 Å². The van der Waals surface area contributed by atoms with Gasteiger partial charge in [-0.05, 0) is 6.42 Å². The van der Waals surface area contributed by atoms with E-state index < -0.39 is 17.1 Å². The molecule has 0 radical (unpaired) electrons. The van der Waals surface area contributed by atoms with Gasteiger partial charge in [0.2, 0.25) is 16.9 Å². The molecule has 0 saturated carbocycles. The van der Waals surface area contributed by atoms with Crippen LogP contribution in [-0.4, -0.2) is 37.7 Å². The third-order valence-electron chi connectivity index (χ3n) is 1.85. The summed E-state index contributed by atoms with van der Waals surface area (Å²) >= 11 is -1.81. The van der Waals surface area contributed by atoms with E-state index in [4.69, 9.17) is 10.9 Å². The lowest BCUT2D eigenvalue weighted by Crippen LogP contribution is -2.47. The van der Waals surface area contributed by atoms with Crippen LogP contribution in [0.1, 0.15) is 19.8 Å². The lowest BCUT2D eigenvalue weighted by Gasteiger charge is -2.22. The SMILES string of the molecule is CCCCN1C(=O)C(=NO)C(N)=NS1=O. The van der Waals surface area contributed by atoms with E-state index >= 15 is 0 Å². The van der Waals surface area contributed by atoms with Crippen molar-refractivity contribution in [1.82, 2.24) is 4.31 Å². The van der Waals surface area contributed by atoms with Crippen LogP contribution < -0.4 is 5.73 Å². The minimum atomic E-state index is -1.81. The van der Waals surface area contributed by atoms with Crippen LogP contribution in [0.5, 0.6) is 0 Å². The van der Waals surface area contributed by atoms with Gasteiger partial charge in [0, 0.05) is 6.54 Å². The molecule has 1 atom stereocenters. The molecule has 0 aromatic rings. The molecule has 84 valence electrons. The van der Waals surface area contributed by atoms with Crippen LogP contribution >= 0.6 is 0 Å². The molecular formula is C7H12N4O3S. The van der Waals surface area contributed by atoms with Gasteiger partial charge in [0.25, 0.3) is 5.91 Å². The van der Waals surface area contributed by atoms with Crippen molar-refractivity contribution in [3.05, 3.63) is 0 Å². The molecule has 0 spiro atoms. The van der Waals surface area contributed by atoms with Gasteiger partial charge in [-0.1, -0.05) is 18.5 Å². The summed E-state index contributed by atoms with van der Waals surface area (Å²) in [5, 5.41) is 11.3. The average Bonchev–Trinajstić information content (AvgIpc) is 2.17. The third-order valence-corrected chi connectivity index (χ3v) is 2.93. The van der Waals surface area contributed by atoms with E-state index in [1.165, 1.54) is 0 Å². The molecule has 1 amide bonds. The molecule has 0 saturated heterocycles. The molecule has 0 aromatic heterocycles. The second-order valence-corrected chi connectivity index (χ2v) is 4.00. The third kappa shape index (κ3) is 2.32. The Kier molecular flexibility index (Phi) is 3.78. The average molecular weight is 232 g/mol. The first-order valence-electron chi connectivity index (χ1n) is 4.42. The number of carbonyl (C=O) groups excluding carboxylic acids is 1. The molecule has 1 aliphatic rings. The van der Waals surface area contributed by atoms with E-state index in [2.05, 4.69) is 9.55 Å². The number of amidine groups is 1. The molecule has 7 nitrogen and oxygen atoms in total. The first kappa shape index (κ1) is 11.6. The van der Waals surface area contributed by atoms with Crippen LogP contribution in [-0.2, 0) is 16.0 Å². The molecule has 15 heavy (non-hydrogen) atoms. The maximum atomic E-state index is 11.6. The standard InChI is InChI=1S/C7H12N4O3S/c1-2-3-4-11-7(12)5(9-13)6(8)10-15(11)14/h13H,2-4H2,1H3,(H2,8,10). The monoisotopic (exact) mass is 232 g/mol. The van der Waals surface area contributed by atoms with Gasteiger partial charge in [0.15, 0.2) is 5.84 Å². The Morgan fingerprint density at radius 1 is 1.67 bits per heavy atom. The number of nitrogens with two attached hydrogens (primary N) is 1. The quantitative estimate of drug-likeness (QED) is 0.500. The van der Waals surface area contributed by atoms with Gasteiger partial charge in [-0.2, -0.15) is 0 Å². The normalized spacial score (nSPS) is 24.5. The number of hydrogen-bond donors (Lipinski definition) is 2. The zero-order valence-electron chi connectivity index (χ0n) is 8.21. The number of oxime groups is 1. The highest BCUT2D eigenvalue weighted by Crippen LogP contribution is 2.08. The predicted molar refractivity (Wildman–Crippen MR) is 55.6 cm³/mol. The summed E-state index contributed by atoms with van der Waals surface area (Å²) in [4.78, 5) is 11.6. The van der Waals surface area contributed by atoms with Gasteiger partial charge in [-0.15, -0.1) is 4.40 Å². The fraction of sp³-hybridized carbons (Fsp3) is 0.571. The van der Waals surface area contributed by atoms with E-state index in [9.17, 15) is 9.00 Å². The summed E-state index contributed by atoms with van der Waals surface area (Å²) in [6.45, 7) is 2.24.